The van der Waals surface area contributed by atoms with Crippen LogP contribution in [0.15, 0.2) is 36.0 Å². The van der Waals surface area contributed by atoms with Gasteiger partial charge in [0.05, 0.1) is 13.2 Å². The van der Waals surface area contributed by atoms with Crippen LogP contribution in [0.2, 0.25) is 0 Å². The van der Waals surface area contributed by atoms with Crippen LogP contribution < -0.4 is 10.6 Å². The Morgan fingerprint density at radius 1 is 1.10 bits per heavy atom. The summed E-state index contributed by atoms with van der Waals surface area (Å²) in [6.07, 6.45) is 1.80. The number of amides is 2. The molecule has 9 heteroatoms. The normalized spacial score (nSPS) is 20.3. The Labute approximate surface area is 189 Å². The molecule has 2 fully saturated rings. The van der Waals surface area contributed by atoms with Gasteiger partial charge in [0.25, 0.3) is 11.8 Å². The maximum atomic E-state index is 12.8. The molecule has 2 aromatic rings. The standard InChI is InChI=1S/C22H22N4O3S2/c27-20-18(23-22(30)24-20)12-16-2-4-19(31-16)14-1-3-17-15(11-14)13-26(21(17)28)6-5-25-7-9-29-10-8-25/h1-4,11-12H,5-10,13H2,(H2,23,24,27,30). The van der Waals surface area contributed by atoms with E-state index in [1.54, 1.807) is 17.4 Å². The molecule has 31 heavy (non-hydrogen) atoms. The van der Waals surface area contributed by atoms with Gasteiger partial charge in [-0.05, 0) is 53.7 Å². The molecule has 1 aromatic carbocycles. The molecule has 2 amide bonds. The summed E-state index contributed by atoms with van der Waals surface area (Å²) < 4.78 is 5.39. The third-order valence-corrected chi connectivity index (χ3v) is 6.98. The van der Waals surface area contributed by atoms with Crippen molar-refractivity contribution in [1.82, 2.24) is 20.4 Å². The predicted octanol–water partition coefficient (Wildman–Crippen LogP) is 2.05. The Hall–Kier alpha value is -2.59. The molecule has 0 saturated carbocycles. The summed E-state index contributed by atoms with van der Waals surface area (Å²) in [5.41, 5.74) is 3.40. The second-order valence-electron chi connectivity index (χ2n) is 7.72. The lowest BCUT2D eigenvalue weighted by Crippen LogP contribution is -2.41. The largest absolute Gasteiger partial charge is 0.379 e. The van der Waals surface area contributed by atoms with E-state index in [1.165, 1.54) is 0 Å². The molecule has 5 rings (SSSR count). The van der Waals surface area contributed by atoms with E-state index in [2.05, 4.69) is 21.6 Å². The molecule has 3 aliphatic rings. The minimum atomic E-state index is -0.215. The lowest BCUT2D eigenvalue weighted by Gasteiger charge is -2.28. The van der Waals surface area contributed by atoms with Crippen molar-refractivity contribution < 1.29 is 14.3 Å². The third-order valence-electron chi connectivity index (χ3n) is 5.69. The number of rotatable bonds is 5. The van der Waals surface area contributed by atoms with Crippen LogP contribution >= 0.6 is 23.6 Å². The van der Waals surface area contributed by atoms with Gasteiger partial charge >= 0.3 is 0 Å². The van der Waals surface area contributed by atoms with Gasteiger partial charge in [-0.25, -0.2) is 0 Å². The van der Waals surface area contributed by atoms with E-state index in [9.17, 15) is 9.59 Å². The number of benzene rings is 1. The molecule has 1 aromatic heterocycles. The summed E-state index contributed by atoms with van der Waals surface area (Å²) in [5, 5.41) is 5.76. The highest BCUT2D eigenvalue weighted by Crippen LogP contribution is 2.33. The summed E-state index contributed by atoms with van der Waals surface area (Å²) in [6.45, 7) is 5.66. The minimum Gasteiger partial charge on any atom is -0.379 e. The lowest BCUT2D eigenvalue weighted by molar-refractivity contribution is -0.115. The summed E-state index contributed by atoms with van der Waals surface area (Å²) in [5.74, 6) is -0.103. The van der Waals surface area contributed by atoms with Crippen molar-refractivity contribution in [2.45, 2.75) is 6.54 Å². The van der Waals surface area contributed by atoms with Gasteiger partial charge in [-0.2, -0.15) is 0 Å². The highest BCUT2D eigenvalue weighted by Gasteiger charge is 2.28. The Balaban J connectivity index is 1.28. The molecule has 7 nitrogen and oxygen atoms in total. The van der Waals surface area contributed by atoms with Gasteiger partial charge in [0, 0.05) is 48.0 Å². The van der Waals surface area contributed by atoms with Crippen LogP contribution in [0.25, 0.3) is 16.5 Å². The predicted molar refractivity (Wildman–Crippen MR) is 124 cm³/mol. The van der Waals surface area contributed by atoms with Gasteiger partial charge in [-0.1, -0.05) is 6.07 Å². The summed E-state index contributed by atoms with van der Waals surface area (Å²) in [4.78, 5) is 31.0. The van der Waals surface area contributed by atoms with Crippen LogP contribution in [-0.2, 0) is 16.1 Å². The van der Waals surface area contributed by atoms with Crippen LogP contribution in [0.3, 0.4) is 0 Å². The van der Waals surface area contributed by atoms with E-state index in [4.69, 9.17) is 17.0 Å². The Kier molecular flexibility index (Phi) is 5.58. The van der Waals surface area contributed by atoms with Crippen LogP contribution in [0.5, 0.6) is 0 Å². The number of hydrogen-bond acceptors (Lipinski definition) is 6. The highest BCUT2D eigenvalue weighted by atomic mass is 32.1. The molecule has 160 valence electrons. The zero-order chi connectivity index (χ0) is 21.4. The second-order valence-corrected chi connectivity index (χ2v) is 9.24. The summed E-state index contributed by atoms with van der Waals surface area (Å²) in [6, 6.07) is 10.1. The molecule has 2 saturated heterocycles. The van der Waals surface area contributed by atoms with Crippen molar-refractivity contribution in [3.63, 3.8) is 0 Å². The fourth-order valence-electron chi connectivity index (χ4n) is 4.01. The quantitative estimate of drug-likeness (QED) is 0.532. The van der Waals surface area contributed by atoms with E-state index in [0.29, 0.717) is 17.4 Å². The van der Waals surface area contributed by atoms with Crippen LogP contribution in [-0.4, -0.2) is 66.1 Å². The molecule has 0 unspecified atom stereocenters. The van der Waals surface area contributed by atoms with E-state index >= 15 is 0 Å². The first kappa shape index (κ1) is 20.3. The first-order valence-electron chi connectivity index (χ1n) is 10.2. The maximum absolute atomic E-state index is 12.8. The Morgan fingerprint density at radius 2 is 1.94 bits per heavy atom. The molecule has 0 spiro atoms. The van der Waals surface area contributed by atoms with Crippen molar-refractivity contribution in [2.75, 3.05) is 39.4 Å². The maximum Gasteiger partial charge on any atom is 0.273 e. The Bertz CT molecular complexity index is 1090. The smallest absolute Gasteiger partial charge is 0.273 e. The zero-order valence-corrected chi connectivity index (χ0v) is 18.5. The molecule has 4 heterocycles. The van der Waals surface area contributed by atoms with Gasteiger partial charge < -0.3 is 15.0 Å². The van der Waals surface area contributed by atoms with Gasteiger partial charge in [0.2, 0.25) is 0 Å². The van der Waals surface area contributed by atoms with E-state index in [-0.39, 0.29) is 11.8 Å². The number of fused-ring (bicyclic) bond motifs is 1. The van der Waals surface area contributed by atoms with Gasteiger partial charge in [-0.3, -0.25) is 19.8 Å². The number of thiophene rings is 1. The molecule has 0 aliphatic carbocycles. The van der Waals surface area contributed by atoms with Crippen LogP contribution in [0, 0.1) is 0 Å². The number of nitrogens with zero attached hydrogens (tertiary/aromatic N) is 2. The number of thiocarbonyl (C=S) groups is 1. The molecule has 0 radical (unpaired) electrons. The zero-order valence-electron chi connectivity index (χ0n) is 16.8. The van der Waals surface area contributed by atoms with Crippen molar-refractivity contribution in [3.8, 4) is 10.4 Å². The highest BCUT2D eigenvalue weighted by molar-refractivity contribution is 7.80. The van der Waals surface area contributed by atoms with Gasteiger partial charge in [0.15, 0.2) is 5.11 Å². The second kappa shape index (κ2) is 8.51. The van der Waals surface area contributed by atoms with Gasteiger partial charge in [0.1, 0.15) is 5.70 Å². The Morgan fingerprint density at radius 3 is 2.71 bits per heavy atom. The van der Waals surface area contributed by atoms with E-state index in [1.807, 2.05) is 29.2 Å². The molecule has 2 N–H and O–H groups in total. The fraction of sp³-hybridized carbons (Fsp3) is 0.318. The minimum absolute atomic E-state index is 0.112. The molecule has 0 atom stereocenters. The monoisotopic (exact) mass is 454 g/mol. The number of carbonyl (C=O) groups is 2. The number of carbonyl (C=O) groups excluding carboxylic acids is 2. The molecular weight excluding hydrogens is 432 g/mol. The summed E-state index contributed by atoms with van der Waals surface area (Å²) >= 11 is 6.57. The number of morpholine rings is 1. The third kappa shape index (κ3) is 4.27. The first-order valence-corrected chi connectivity index (χ1v) is 11.5. The SMILES string of the molecule is O=C1NC(=S)NC1=Cc1ccc(-c2ccc3c(c2)CN(CCN2CCOCC2)C3=O)s1. The topological polar surface area (TPSA) is 73.9 Å². The van der Waals surface area contributed by atoms with E-state index in [0.717, 1.165) is 65.8 Å². The van der Waals surface area contributed by atoms with E-state index < -0.39 is 0 Å². The number of ether oxygens (including phenoxy) is 1. The molecular formula is C22H22N4O3S2. The van der Waals surface area contributed by atoms with Gasteiger partial charge in [-0.15, -0.1) is 11.3 Å². The fourth-order valence-corrected chi connectivity index (χ4v) is 5.16. The van der Waals surface area contributed by atoms with Crippen LogP contribution in [0.4, 0.5) is 0 Å². The van der Waals surface area contributed by atoms with Crippen molar-refractivity contribution in [2.24, 2.45) is 0 Å². The first-order chi connectivity index (χ1) is 15.1. The molecule has 0 bridgehead atoms. The van der Waals surface area contributed by atoms with Crippen molar-refractivity contribution in [1.29, 1.82) is 0 Å². The van der Waals surface area contributed by atoms with Crippen molar-refractivity contribution in [3.05, 3.63) is 52.0 Å². The average Bonchev–Trinajstić information content (AvgIpc) is 3.45. The van der Waals surface area contributed by atoms with Crippen molar-refractivity contribution >= 4 is 46.6 Å². The summed E-state index contributed by atoms with van der Waals surface area (Å²) in [7, 11) is 0. The number of hydrogen-bond donors (Lipinski definition) is 2. The lowest BCUT2D eigenvalue weighted by atomic mass is 10.1. The molecule has 3 aliphatic heterocycles. The van der Waals surface area contributed by atoms with Crippen LogP contribution in [0.1, 0.15) is 20.8 Å². The average molecular weight is 455 g/mol. The number of nitrogens with one attached hydrogen (secondary N) is 2.